The third-order valence-corrected chi connectivity index (χ3v) is 3.22. The van der Waals surface area contributed by atoms with Crippen LogP contribution in [-0.4, -0.2) is 25.7 Å². The van der Waals surface area contributed by atoms with Crippen LogP contribution in [0.15, 0.2) is 22.6 Å². The van der Waals surface area contributed by atoms with Crippen molar-refractivity contribution in [3.8, 4) is 0 Å². The molecule has 6 nitrogen and oxygen atoms in total. The van der Waals surface area contributed by atoms with Crippen LogP contribution in [0, 0.1) is 0 Å². The summed E-state index contributed by atoms with van der Waals surface area (Å²) >= 11 is 0. The van der Waals surface area contributed by atoms with Crippen molar-refractivity contribution in [2.75, 3.05) is 17.6 Å². The number of primary sulfonamides is 1. The number of rotatable bonds is 5. The fraction of sp³-hybridized carbons (Fsp3) is 0.364. The minimum Gasteiger partial charge on any atom is -0.441 e. The van der Waals surface area contributed by atoms with Crippen molar-refractivity contribution in [2.45, 2.75) is 13.3 Å². The van der Waals surface area contributed by atoms with E-state index >= 15 is 0 Å². The van der Waals surface area contributed by atoms with Crippen molar-refractivity contribution in [1.82, 2.24) is 4.98 Å². The summed E-state index contributed by atoms with van der Waals surface area (Å²) in [7, 11) is -3.43. The molecule has 2 aromatic rings. The number of anilines is 1. The van der Waals surface area contributed by atoms with Gasteiger partial charge >= 0.3 is 0 Å². The minimum atomic E-state index is -3.43. The SMILES string of the molecule is CCc1nc2cc(NCCS(N)(=O)=O)ccc2o1. The van der Waals surface area contributed by atoms with Crippen molar-refractivity contribution in [2.24, 2.45) is 5.14 Å². The fourth-order valence-corrected chi connectivity index (χ4v) is 1.96. The summed E-state index contributed by atoms with van der Waals surface area (Å²) in [6.07, 6.45) is 0.739. The van der Waals surface area contributed by atoms with Gasteiger partial charge in [-0.2, -0.15) is 0 Å². The lowest BCUT2D eigenvalue weighted by Crippen LogP contribution is -2.22. The van der Waals surface area contributed by atoms with Crippen LogP contribution in [0.3, 0.4) is 0 Å². The Hall–Kier alpha value is -1.60. The number of hydrogen-bond acceptors (Lipinski definition) is 5. The normalized spacial score (nSPS) is 11.9. The predicted molar refractivity (Wildman–Crippen MR) is 69.9 cm³/mol. The summed E-state index contributed by atoms with van der Waals surface area (Å²) in [5.41, 5.74) is 2.28. The highest BCUT2D eigenvalue weighted by Gasteiger charge is 2.06. The van der Waals surface area contributed by atoms with Gasteiger partial charge in [-0.15, -0.1) is 0 Å². The average Bonchev–Trinajstić information content (AvgIpc) is 2.69. The Bertz CT molecular complexity index is 649. The first-order valence-corrected chi connectivity index (χ1v) is 7.33. The van der Waals surface area contributed by atoms with Crippen LogP contribution >= 0.6 is 0 Å². The highest BCUT2D eigenvalue weighted by Crippen LogP contribution is 2.20. The van der Waals surface area contributed by atoms with Crippen LogP contribution in [0.2, 0.25) is 0 Å². The molecule has 0 fully saturated rings. The van der Waals surface area contributed by atoms with Crippen LogP contribution in [0.4, 0.5) is 5.69 Å². The van der Waals surface area contributed by atoms with Gasteiger partial charge in [-0.05, 0) is 18.2 Å². The number of nitrogens with one attached hydrogen (secondary N) is 1. The molecule has 0 atom stereocenters. The molecule has 0 aliphatic rings. The van der Waals surface area contributed by atoms with Gasteiger partial charge < -0.3 is 9.73 Å². The molecule has 0 aliphatic carbocycles. The Morgan fingerprint density at radius 3 is 2.89 bits per heavy atom. The van der Waals surface area contributed by atoms with Crippen LogP contribution in [0.25, 0.3) is 11.1 Å². The number of sulfonamides is 1. The maximum absolute atomic E-state index is 10.8. The molecule has 0 radical (unpaired) electrons. The molecule has 0 amide bonds. The Labute approximate surface area is 105 Å². The van der Waals surface area contributed by atoms with E-state index < -0.39 is 10.0 Å². The largest absolute Gasteiger partial charge is 0.441 e. The monoisotopic (exact) mass is 269 g/mol. The number of benzene rings is 1. The van der Waals surface area contributed by atoms with Gasteiger partial charge in [-0.3, -0.25) is 0 Å². The van der Waals surface area contributed by atoms with Gasteiger partial charge in [-0.1, -0.05) is 6.92 Å². The van der Waals surface area contributed by atoms with E-state index in [4.69, 9.17) is 9.56 Å². The van der Waals surface area contributed by atoms with Crippen LogP contribution in [0.1, 0.15) is 12.8 Å². The fourth-order valence-electron chi connectivity index (χ4n) is 1.57. The molecular weight excluding hydrogens is 254 g/mol. The maximum atomic E-state index is 10.8. The molecular formula is C11H15N3O3S. The lowest BCUT2D eigenvalue weighted by atomic mass is 10.3. The third-order valence-electron chi connectivity index (χ3n) is 2.45. The quantitative estimate of drug-likeness (QED) is 0.846. The van der Waals surface area contributed by atoms with Gasteiger partial charge in [0.15, 0.2) is 11.5 Å². The van der Waals surface area contributed by atoms with E-state index in [1.165, 1.54) is 0 Å². The van der Waals surface area contributed by atoms with Gasteiger partial charge in [0.25, 0.3) is 0 Å². The molecule has 0 bridgehead atoms. The van der Waals surface area contributed by atoms with E-state index in [0.29, 0.717) is 5.89 Å². The van der Waals surface area contributed by atoms with Gasteiger partial charge in [0.1, 0.15) is 5.52 Å². The second-order valence-corrected chi connectivity index (χ2v) is 5.67. The zero-order chi connectivity index (χ0) is 13.2. The zero-order valence-electron chi connectivity index (χ0n) is 10.0. The first kappa shape index (κ1) is 12.8. The number of fused-ring (bicyclic) bond motifs is 1. The molecule has 0 unspecified atom stereocenters. The Morgan fingerprint density at radius 1 is 1.44 bits per heavy atom. The molecule has 0 saturated carbocycles. The van der Waals surface area contributed by atoms with Gasteiger partial charge in [-0.25, -0.2) is 18.5 Å². The number of nitrogens with two attached hydrogens (primary N) is 1. The van der Waals surface area contributed by atoms with Crippen molar-refractivity contribution in [3.63, 3.8) is 0 Å². The minimum absolute atomic E-state index is 0.107. The summed E-state index contributed by atoms with van der Waals surface area (Å²) in [5, 5.41) is 7.90. The summed E-state index contributed by atoms with van der Waals surface area (Å²) in [6.45, 7) is 2.23. The average molecular weight is 269 g/mol. The lowest BCUT2D eigenvalue weighted by molar-refractivity contribution is 0.538. The standard InChI is InChI=1S/C11H15N3O3S/c1-2-11-14-9-7-8(3-4-10(9)17-11)13-5-6-18(12,15)16/h3-4,7,13H,2,5-6H2,1H3,(H2,12,15,16). The number of oxazole rings is 1. The molecule has 2 rings (SSSR count). The van der Waals surface area contributed by atoms with Crippen molar-refractivity contribution >= 4 is 26.8 Å². The maximum Gasteiger partial charge on any atom is 0.210 e. The smallest absolute Gasteiger partial charge is 0.210 e. The molecule has 98 valence electrons. The number of aryl methyl sites for hydroxylation is 1. The first-order valence-electron chi connectivity index (χ1n) is 5.62. The van der Waals surface area contributed by atoms with E-state index in [1.807, 2.05) is 19.1 Å². The van der Waals surface area contributed by atoms with E-state index in [-0.39, 0.29) is 12.3 Å². The number of nitrogens with zero attached hydrogens (tertiary/aromatic N) is 1. The highest BCUT2D eigenvalue weighted by atomic mass is 32.2. The topological polar surface area (TPSA) is 98.2 Å². The molecule has 18 heavy (non-hydrogen) atoms. The molecule has 1 heterocycles. The molecule has 3 N–H and O–H groups in total. The predicted octanol–water partition coefficient (Wildman–Crippen LogP) is 1.09. The van der Waals surface area contributed by atoms with Crippen LogP contribution in [-0.2, 0) is 16.4 Å². The van der Waals surface area contributed by atoms with E-state index in [1.54, 1.807) is 6.07 Å². The Morgan fingerprint density at radius 2 is 2.22 bits per heavy atom. The zero-order valence-corrected chi connectivity index (χ0v) is 10.8. The summed E-state index contributed by atoms with van der Waals surface area (Å²) in [5.74, 6) is 0.580. The third kappa shape index (κ3) is 3.21. The van der Waals surface area contributed by atoms with Gasteiger partial charge in [0.05, 0.1) is 5.75 Å². The molecule has 0 spiro atoms. The van der Waals surface area contributed by atoms with Crippen molar-refractivity contribution in [1.29, 1.82) is 0 Å². The van der Waals surface area contributed by atoms with Gasteiger partial charge in [0, 0.05) is 18.7 Å². The summed E-state index contributed by atoms with van der Waals surface area (Å²) in [6, 6.07) is 5.44. The second kappa shape index (κ2) is 4.95. The molecule has 7 heteroatoms. The first-order chi connectivity index (χ1) is 8.48. The van der Waals surface area contributed by atoms with Gasteiger partial charge in [0.2, 0.25) is 10.0 Å². The van der Waals surface area contributed by atoms with E-state index in [2.05, 4.69) is 10.3 Å². The van der Waals surface area contributed by atoms with Crippen molar-refractivity contribution in [3.05, 3.63) is 24.1 Å². The molecule has 1 aromatic heterocycles. The van der Waals surface area contributed by atoms with Crippen LogP contribution < -0.4 is 10.5 Å². The summed E-state index contributed by atoms with van der Waals surface area (Å²) < 4.78 is 27.0. The summed E-state index contributed by atoms with van der Waals surface area (Å²) in [4.78, 5) is 4.30. The Kier molecular flexibility index (Phi) is 3.53. The number of aromatic nitrogens is 1. The highest BCUT2D eigenvalue weighted by molar-refractivity contribution is 7.89. The van der Waals surface area contributed by atoms with Crippen molar-refractivity contribution < 1.29 is 12.8 Å². The molecule has 0 saturated heterocycles. The Balaban J connectivity index is 2.10. The lowest BCUT2D eigenvalue weighted by Gasteiger charge is -2.04. The van der Waals surface area contributed by atoms with E-state index in [0.717, 1.165) is 23.2 Å². The number of hydrogen-bond donors (Lipinski definition) is 2. The van der Waals surface area contributed by atoms with E-state index in [9.17, 15) is 8.42 Å². The molecule has 1 aromatic carbocycles. The molecule has 0 aliphatic heterocycles. The van der Waals surface area contributed by atoms with Crippen LogP contribution in [0.5, 0.6) is 0 Å². The second-order valence-electron chi connectivity index (χ2n) is 3.94.